The van der Waals surface area contributed by atoms with Crippen LogP contribution in [0.25, 0.3) is 0 Å². The first-order chi connectivity index (χ1) is 8.01. The molecule has 0 saturated heterocycles. The van der Waals surface area contributed by atoms with E-state index in [-0.39, 0.29) is 11.5 Å². The third-order valence-corrected chi connectivity index (χ3v) is 2.88. The molecule has 0 spiro atoms. The van der Waals surface area contributed by atoms with E-state index in [4.69, 9.17) is 4.74 Å². The molecule has 94 valence electrons. The molecular weight excluding hydrogens is 240 g/mol. The molecule has 2 N–H and O–H groups in total. The molecule has 0 heterocycles. The number of methoxy groups -OCH3 is 1. The highest BCUT2D eigenvalue weighted by molar-refractivity contribution is 7.80. The zero-order chi connectivity index (χ0) is 13.0. The fourth-order valence-electron chi connectivity index (χ4n) is 1.49. The summed E-state index contributed by atoms with van der Waals surface area (Å²) in [4.78, 5) is 11.3. The highest BCUT2D eigenvalue weighted by atomic mass is 32.1. The van der Waals surface area contributed by atoms with Gasteiger partial charge in [0.25, 0.3) is 0 Å². The van der Waals surface area contributed by atoms with Crippen molar-refractivity contribution >= 4 is 18.4 Å². The number of hydrogen-bond donors (Lipinski definition) is 3. The van der Waals surface area contributed by atoms with Crippen molar-refractivity contribution < 1.29 is 19.7 Å². The first kappa shape index (κ1) is 14.0. The summed E-state index contributed by atoms with van der Waals surface area (Å²) >= 11 is 3.92. The quantitative estimate of drug-likeness (QED) is 0.547. The Balaban J connectivity index is 3.18. The van der Waals surface area contributed by atoms with Crippen LogP contribution in [0.5, 0.6) is 5.75 Å². The molecule has 0 saturated carbocycles. The van der Waals surface area contributed by atoms with E-state index in [0.717, 1.165) is 0 Å². The normalized spacial score (nSPS) is 14.2. The van der Waals surface area contributed by atoms with Gasteiger partial charge >= 0.3 is 0 Å². The van der Waals surface area contributed by atoms with Crippen LogP contribution in [0.1, 0.15) is 28.9 Å². The number of carbonyl (C=O) groups excluding carboxylic acids is 1. The molecule has 0 fully saturated rings. The Morgan fingerprint density at radius 1 is 1.47 bits per heavy atom. The minimum Gasteiger partial charge on any atom is -0.496 e. The van der Waals surface area contributed by atoms with Crippen LogP contribution in [0.15, 0.2) is 18.2 Å². The summed E-state index contributed by atoms with van der Waals surface area (Å²) in [7, 11) is 1.46. The van der Waals surface area contributed by atoms with Crippen molar-refractivity contribution in [3.05, 3.63) is 29.3 Å². The molecule has 0 aliphatic carbocycles. The lowest BCUT2D eigenvalue weighted by molar-refractivity contribution is 0.0322. The molecule has 0 radical (unpaired) electrons. The lowest BCUT2D eigenvalue weighted by atomic mass is 10.00. The van der Waals surface area contributed by atoms with Crippen LogP contribution in [0.4, 0.5) is 0 Å². The summed E-state index contributed by atoms with van der Waals surface area (Å²) in [6.07, 6.45) is -2.13. The Kier molecular flexibility index (Phi) is 4.99. The second-order valence-electron chi connectivity index (χ2n) is 3.71. The molecule has 0 aromatic heterocycles. The summed E-state index contributed by atoms with van der Waals surface area (Å²) < 4.78 is 5.09. The van der Waals surface area contributed by atoms with Gasteiger partial charge in [0, 0.05) is 16.9 Å². The molecule has 4 nitrogen and oxygen atoms in total. The summed E-state index contributed by atoms with van der Waals surface area (Å²) in [6, 6.07) is 4.74. The minimum absolute atomic E-state index is 0.110. The van der Waals surface area contributed by atoms with Crippen molar-refractivity contribution in [2.24, 2.45) is 0 Å². The number of Topliss-reactive ketones (excluding diaryl/α,β-unsaturated/α-hetero) is 1. The van der Waals surface area contributed by atoms with Crippen LogP contribution in [0, 0.1) is 0 Å². The van der Waals surface area contributed by atoms with Gasteiger partial charge in [-0.3, -0.25) is 4.79 Å². The van der Waals surface area contributed by atoms with Crippen LogP contribution in [0.3, 0.4) is 0 Å². The van der Waals surface area contributed by atoms with Gasteiger partial charge in [-0.2, -0.15) is 12.6 Å². The van der Waals surface area contributed by atoms with Gasteiger partial charge in [0.1, 0.15) is 11.9 Å². The average Bonchev–Trinajstić information content (AvgIpc) is 2.35. The van der Waals surface area contributed by atoms with Crippen LogP contribution in [-0.2, 0) is 0 Å². The van der Waals surface area contributed by atoms with Crippen LogP contribution < -0.4 is 4.74 Å². The van der Waals surface area contributed by atoms with Gasteiger partial charge in [0.2, 0.25) is 0 Å². The largest absolute Gasteiger partial charge is 0.496 e. The van der Waals surface area contributed by atoms with E-state index in [1.165, 1.54) is 20.1 Å². The summed E-state index contributed by atoms with van der Waals surface area (Å²) in [5.74, 6) is 0.444. The molecule has 1 aromatic rings. The maximum Gasteiger partial charge on any atom is 0.159 e. The molecule has 17 heavy (non-hydrogen) atoms. The zero-order valence-corrected chi connectivity index (χ0v) is 10.6. The van der Waals surface area contributed by atoms with Crippen molar-refractivity contribution in [2.75, 3.05) is 12.9 Å². The van der Waals surface area contributed by atoms with E-state index in [1.807, 2.05) is 0 Å². The molecular formula is C12H16O4S. The lowest BCUT2D eigenvalue weighted by Gasteiger charge is -2.19. The highest BCUT2D eigenvalue weighted by Crippen LogP contribution is 2.29. The van der Waals surface area contributed by atoms with E-state index < -0.39 is 12.2 Å². The monoisotopic (exact) mass is 256 g/mol. The van der Waals surface area contributed by atoms with Crippen LogP contribution in [-0.4, -0.2) is 35.0 Å². The van der Waals surface area contributed by atoms with E-state index in [2.05, 4.69) is 12.6 Å². The summed E-state index contributed by atoms with van der Waals surface area (Å²) in [5.41, 5.74) is 0.855. The maximum absolute atomic E-state index is 11.3. The number of hydrogen-bond acceptors (Lipinski definition) is 5. The second-order valence-corrected chi connectivity index (χ2v) is 4.07. The molecule has 5 heteroatoms. The second kappa shape index (κ2) is 6.05. The number of ketones is 1. The van der Waals surface area contributed by atoms with Gasteiger partial charge < -0.3 is 14.9 Å². The number of benzene rings is 1. The first-order valence-corrected chi connectivity index (χ1v) is 5.80. The molecule has 2 unspecified atom stereocenters. The smallest absolute Gasteiger partial charge is 0.159 e. The Labute approximate surface area is 106 Å². The van der Waals surface area contributed by atoms with E-state index in [1.54, 1.807) is 12.1 Å². The number of carbonyl (C=O) groups is 1. The fourth-order valence-corrected chi connectivity index (χ4v) is 1.69. The number of ether oxygens (including phenoxy) is 1. The molecule has 0 bridgehead atoms. The summed E-state index contributed by atoms with van der Waals surface area (Å²) in [5, 5.41) is 19.5. The number of aliphatic hydroxyl groups is 2. The Morgan fingerprint density at radius 2 is 2.12 bits per heavy atom. The van der Waals surface area contributed by atoms with Gasteiger partial charge in [0.15, 0.2) is 5.78 Å². The summed E-state index contributed by atoms with van der Waals surface area (Å²) in [6.45, 7) is 1.44. The van der Waals surface area contributed by atoms with Crippen molar-refractivity contribution in [3.63, 3.8) is 0 Å². The van der Waals surface area contributed by atoms with Gasteiger partial charge in [-0.15, -0.1) is 0 Å². The third kappa shape index (κ3) is 3.21. The van der Waals surface area contributed by atoms with Gasteiger partial charge in [-0.25, -0.2) is 0 Å². The Hall–Kier alpha value is -1.04. The Bertz CT molecular complexity index is 405. The topological polar surface area (TPSA) is 66.8 Å². The predicted molar refractivity (Wildman–Crippen MR) is 67.8 cm³/mol. The number of rotatable bonds is 5. The average molecular weight is 256 g/mol. The van der Waals surface area contributed by atoms with Crippen LogP contribution in [0.2, 0.25) is 0 Å². The van der Waals surface area contributed by atoms with E-state index in [0.29, 0.717) is 16.9 Å². The maximum atomic E-state index is 11.3. The van der Waals surface area contributed by atoms with Crippen molar-refractivity contribution in [3.8, 4) is 5.75 Å². The standard InChI is InChI=1S/C12H16O4S/c1-7(13)8-3-4-11(16-2)9(5-8)12(15)10(14)6-17/h3-5,10,12,14-15,17H,6H2,1-2H3. The van der Waals surface area contributed by atoms with Crippen molar-refractivity contribution in [1.82, 2.24) is 0 Å². The first-order valence-electron chi connectivity index (χ1n) is 5.17. The van der Waals surface area contributed by atoms with Crippen molar-refractivity contribution in [2.45, 2.75) is 19.1 Å². The third-order valence-electron chi connectivity index (χ3n) is 2.51. The van der Waals surface area contributed by atoms with Gasteiger partial charge in [-0.1, -0.05) is 0 Å². The number of aliphatic hydroxyl groups excluding tert-OH is 2. The van der Waals surface area contributed by atoms with Gasteiger partial charge in [0.05, 0.1) is 13.2 Å². The zero-order valence-electron chi connectivity index (χ0n) is 9.75. The van der Waals surface area contributed by atoms with E-state index in [9.17, 15) is 15.0 Å². The SMILES string of the molecule is COc1ccc(C(C)=O)cc1C(O)C(O)CS. The van der Waals surface area contributed by atoms with E-state index >= 15 is 0 Å². The molecule has 1 aromatic carbocycles. The molecule has 0 amide bonds. The fraction of sp³-hybridized carbons (Fsp3) is 0.417. The molecule has 2 atom stereocenters. The number of thiol groups is 1. The molecule has 1 rings (SSSR count). The van der Waals surface area contributed by atoms with Crippen LogP contribution >= 0.6 is 12.6 Å². The van der Waals surface area contributed by atoms with Gasteiger partial charge in [-0.05, 0) is 25.1 Å². The molecule has 0 aliphatic heterocycles. The highest BCUT2D eigenvalue weighted by Gasteiger charge is 2.21. The minimum atomic E-state index is -1.12. The Morgan fingerprint density at radius 3 is 2.59 bits per heavy atom. The molecule has 0 aliphatic rings. The predicted octanol–water partition coefficient (Wildman–Crippen LogP) is 1.22. The lowest BCUT2D eigenvalue weighted by Crippen LogP contribution is -2.20. The van der Waals surface area contributed by atoms with Crippen molar-refractivity contribution in [1.29, 1.82) is 0 Å².